The molecule has 0 saturated heterocycles. The molecule has 3 aromatic rings. The van der Waals surface area contributed by atoms with Gasteiger partial charge in [-0.05, 0) is 60.7 Å². The van der Waals surface area contributed by atoms with Crippen LogP contribution >= 0.6 is 27.5 Å². The van der Waals surface area contributed by atoms with Gasteiger partial charge in [-0.1, -0.05) is 27.5 Å². The van der Waals surface area contributed by atoms with E-state index >= 15 is 0 Å². The summed E-state index contributed by atoms with van der Waals surface area (Å²) in [6.45, 7) is 0. The molecule has 0 atom stereocenters. The molecular formula is C20H12BrClN2O2. The molecule has 0 radical (unpaired) electrons. The third-order valence-corrected chi connectivity index (χ3v) is 4.65. The standard InChI is InChI=1S/C20H12BrClN2O2/c21-14-5-9-16(10-6-14)24-19(13-3-7-15(22)8-4-13)23-18(20(24)25)12-17-2-1-11-26-17/h1-12H/b18-12+. The van der Waals surface area contributed by atoms with Crippen LogP contribution in [0, 0.1) is 0 Å². The molecule has 0 spiro atoms. The normalized spacial score (nSPS) is 15.6. The molecule has 1 amide bonds. The highest BCUT2D eigenvalue weighted by Gasteiger charge is 2.32. The van der Waals surface area contributed by atoms with E-state index in [4.69, 9.17) is 16.0 Å². The zero-order chi connectivity index (χ0) is 18.1. The second-order valence-corrected chi connectivity index (χ2v) is 6.96. The first kappa shape index (κ1) is 16.8. The molecule has 0 aliphatic carbocycles. The summed E-state index contributed by atoms with van der Waals surface area (Å²) in [6, 6.07) is 18.3. The van der Waals surface area contributed by atoms with Crippen molar-refractivity contribution in [2.75, 3.05) is 4.90 Å². The average Bonchev–Trinajstić information content (AvgIpc) is 3.26. The minimum atomic E-state index is -0.214. The molecule has 1 aliphatic rings. The van der Waals surface area contributed by atoms with E-state index in [1.165, 1.54) is 0 Å². The molecular weight excluding hydrogens is 416 g/mol. The molecule has 0 N–H and O–H groups in total. The van der Waals surface area contributed by atoms with Crippen molar-refractivity contribution in [3.8, 4) is 0 Å². The minimum Gasteiger partial charge on any atom is -0.465 e. The molecule has 4 nitrogen and oxygen atoms in total. The van der Waals surface area contributed by atoms with Crippen LogP contribution in [-0.2, 0) is 4.79 Å². The van der Waals surface area contributed by atoms with Gasteiger partial charge >= 0.3 is 0 Å². The molecule has 6 heteroatoms. The summed E-state index contributed by atoms with van der Waals surface area (Å²) in [6.07, 6.45) is 3.19. The number of carbonyl (C=O) groups excluding carboxylic acids is 1. The van der Waals surface area contributed by atoms with Crippen LogP contribution in [0.25, 0.3) is 6.08 Å². The topological polar surface area (TPSA) is 45.8 Å². The first-order chi connectivity index (χ1) is 12.6. The minimum absolute atomic E-state index is 0.214. The van der Waals surface area contributed by atoms with Gasteiger partial charge in [0.2, 0.25) is 0 Å². The van der Waals surface area contributed by atoms with E-state index in [1.54, 1.807) is 41.5 Å². The van der Waals surface area contributed by atoms with Crippen LogP contribution in [0.2, 0.25) is 5.02 Å². The van der Waals surface area contributed by atoms with E-state index in [9.17, 15) is 4.79 Å². The van der Waals surface area contributed by atoms with E-state index < -0.39 is 0 Å². The van der Waals surface area contributed by atoms with Crippen LogP contribution in [0.4, 0.5) is 5.69 Å². The lowest BCUT2D eigenvalue weighted by Gasteiger charge is -2.18. The van der Waals surface area contributed by atoms with Gasteiger partial charge in [-0.3, -0.25) is 9.69 Å². The fraction of sp³-hybridized carbons (Fsp3) is 0. The first-order valence-electron chi connectivity index (χ1n) is 7.82. The lowest BCUT2D eigenvalue weighted by atomic mass is 10.2. The van der Waals surface area contributed by atoms with Crippen molar-refractivity contribution in [3.05, 3.63) is 93.4 Å². The molecule has 4 rings (SSSR count). The summed E-state index contributed by atoms with van der Waals surface area (Å²) in [5, 5.41) is 0.625. The molecule has 0 fully saturated rings. The molecule has 0 bridgehead atoms. The van der Waals surface area contributed by atoms with Crippen LogP contribution in [0.3, 0.4) is 0 Å². The maximum atomic E-state index is 13.0. The number of benzene rings is 2. The lowest BCUT2D eigenvalue weighted by molar-refractivity contribution is -0.113. The number of amides is 1. The Kier molecular flexibility index (Phi) is 4.49. The van der Waals surface area contributed by atoms with Crippen molar-refractivity contribution < 1.29 is 9.21 Å². The molecule has 0 saturated carbocycles. The Bertz CT molecular complexity index is 1010. The molecule has 0 unspecified atom stereocenters. The Morgan fingerprint density at radius 2 is 1.77 bits per heavy atom. The van der Waals surface area contributed by atoms with Crippen LogP contribution in [0.15, 0.2) is 86.5 Å². The van der Waals surface area contributed by atoms with Crippen molar-refractivity contribution in [1.82, 2.24) is 0 Å². The van der Waals surface area contributed by atoms with E-state index in [2.05, 4.69) is 20.9 Å². The zero-order valence-corrected chi connectivity index (χ0v) is 15.7. The third-order valence-electron chi connectivity index (χ3n) is 3.87. The number of hydrogen-bond donors (Lipinski definition) is 0. The summed E-state index contributed by atoms with van der Waals surface area (Å²) in [5.41, 5.74) is 1.84. The first-order valence-corrected chi connectivity index (χ1v) is 8.99. The Hall–Kier alpha value is -2.63. The Morgan fingerprint density at radius 3 is 2.42 bits per heavy atom. The monoisotopic (exact) mass is 426 g/mol. The quantitative estimate of drug-likeness (QED) is 0.516. The number of carbonyl (C=O) groups is 1. The Labute approximate surface area is 163 Å². The van der Waals surface area contributed by atoms with Gasteiger partial charge < -0.3 is 4.42 Å². The van der Waals surface area contributed by atoms with E-state index in [0.717, 1.165) is 15.7 Å². The summed E-state index contributed by atoms with van der Waals surface area (Å²) in [7, 11) is 0. The van der Waals surface area contributed by atoms with Gasteiger partial charge in [0.05, 0.1) is 12.0 Å². The fourth-order valence-electron chi connectivity index (χ4n) is 2.65. The average molecular weight is 428 g/mol. The highest BCUT2D eigenvalue weighted by Crippen LogP contribution is 2.29. The van der Waals surface area contributed by atoms with Crippen LogP contribution in [0.5, 0.6) is 0 Å². The molecule has 128 valence electrons. The molecule has 1 aromatic heterocycles. The number of furan rings is 1. The second-order valence-electron chi connectivity index (χ2n) is 5.60. The number of nitrogens with zero attached hydrogens (tertiary/aromatic N) is 2. The fourth-order valence-corrected chi connectivity index (χ4v) is 3.04. The molecule has 2 aromatic carbocycles. The van der Waals surface area contributed by atoms with E-state index in [0.29, 0.717) is 22.3 Å². The third kappa shape index (κ3) is 3.23. The van der Waals surface area contributed by atoms with Crippen molar-refractivity contribution in [3.63, 3.8) is 0 Å². The number of rotatable bonds is 3. The zero-order valence-electron chi connectivity index (χ0n) is 13.4. The summed E-state index contributed by atoms with van der Waals surface area (Å²) in [4.78, 5) is 19.2. The van der Waals surface area contributed by atoms with Gasteiger partial charge in [-0.15, -0.1) is 0 Å². The van der Waals surface area contributed by atoms with E-state index in [-0.39, 0.29) is 5.91 Å². The molecule has 2 heterocycles. The largest absolute Gasteiger partial charge is 0.465 e. The Morgan fingerprint density at radius 1 is 1.04 bits per heavy atom. The summed E-state index contributed by atoms with van der Waals surface area (Å²) in [5.74, 6) is 0.908. The van der Waals surface area contributed by atoms with Gasteiger partial charge in [-0.2, -0.15) is 0 Å². The van der Waals surface area contributed by atoms with E-state index in [1.807, 2.05) is 36.4 Å². The SMILES string of the molecule is O=C1/C(=C\c2ccco2)N=C(c2ccc(Cl)cc2)N1c1ccc(Br)cc1. The maximum Gasteiger partial charge on any atom is 0.282 e. The number of hydrogen-bond acceptors (Lipinski definition) is 3. The molecule has 1 aliphatic heterocycles. The highest BCUT2D eigenvalue weighted by molar-refractivity contribution is 9.10. The number of anilines is 1. The van der Waals surface area contributed by atoms with Crippen LogP contribution < -0.4 is 4.90 Å². The summed E-state index contributed by atoms with van der Waals surface area (Å²) >= 11 is 9.41. The molecule has 26 heavy (non-hydrogen) atoms. The number of aliphatic imine (C=N–C) groups is 1. The predicted octanol–water partition coefficient (Wildman–Crippen LogP) is 5.53. The van der Waals surface area contributed by atoms with Gasteiger partial charge in [-0.25, -0.2) is 4.99 Å². The van der Waals surface area contributed by atoms with Crippen LogP contribution in [0.1, 0.15) is 11.3 Å². The van der Waals surface area contributed by atoms with Gasteiger partial charge in [0, 0.05) is 21.1 Å². The number of amidine groups is 1. The maximum absolute atomic E-state index is 13.0. The smallest absolute Gasteiger partial charge is 0.282 e. The van der Waals surface area contributed by atoms with Crippen molar-refractivity contribution in [1.29, 1.82) is 0 Å². The van der Waals surface area contributed by atoms with Crippen molar-refractivity contribution in [2.45, 2.75) is 0 Å². The van der Waals surface area contributed by atoms with Crippen molar-refractivity contribution >= 4 is 51.0 Å². The van der Waals surface area contributed by atoms with Gasteiger partial charge in [0.15, 0.2) is 0 Å². The van der Waals surface area contributed by atoms with Crippen molar-refractivity contribution in [2.24, 2.45) is 4.99 Å². The summed E-state index contributed by atoms with van der Waals surface area (Å²) < 4.78 is 6.25. The lowest BCUT2D eigenvalue weighted by Crippen LogP contribution is -2.32. The number of halogens is 2. The Balaban J connectivity index is 1.82. The van der Waals surface area contributed by atoms with Gasteiger partial charge in [0.25, 0.3) is 5.91 Å². The van der Waals surface area contributed by atoms with Crippen LogP contribution in [-0.4, -0.2) is 11.7 Å². The predicted molar refractivity (Wildman–Crippen MR) is 106 cm³/mol. The second kappa shape index (κ2) is 6.94. The highest BCUT2D eigenvalue weighted by atomic mass is 79.9. The van der Waals surface area contributed by atoms with Gasteiger partial charge in [0.1, 0.15) is 17.3 Å².